The van der Waals surface area contributed by atoms with Crippen molar-refractivity contribution >= 4 is 35.2 Å². The van der Waals surface area contributed by atoms with Crippen molar-refractivity contribution in [2.75, 3.05) is 32.2 Å². The van der Waals surface area contributed by atoms with E-state index in [0.29, 0.717) is 30.8 Å². The number of nitrogens with zero attached hydrogens (tertiary/aromatic N) is 1. The number of benzene rings is 1. The van der Waals surface area contributed by atoms with E-state index < -0.39 is 22.6 Å². The third-order valence-corrected chi connectivity index (χ3v) is 8.97. The number of ether oxygens (including phenoxy) is 2. The molecule has 3 aliphatic heterocycles. The molecule has 0 aromatic heterocycles. The number of unbranched alkanes of at least 4 members (excludes halogenated alkanes) is 2. The number of hydrogen-bond acceptors (Lipinski definition) is 7. The van der Waals surface area contributed by atoms with E-state index in [-0.39, 0.29) is 36.2 Å². The van der Waals surface area contributed by atoms with Crippen LogP contribution in [0.1, 0.15) is 39.0 Å². The number of carbonyl (C=O) groups excluding carboxylic acids is 3. The molecular weight excluding hydrogens is 444 g/mol. The fraction of sp³-hybridized carbons (Fsp3) is 0.625. The lowest BCUT2D eigenvalue weighted by Gasteiger charge is -2.34. The first-order chi connectivity index (χ1) is 16.0. The highest BCUT2D eigenvalue weighted by molar-refractivity contribution is 8.02. The van der Waals surface area contributed by atoms with Gasteiger partial charge in [-0.1, -0.05) is 0 Å². The van der Waals surface area contributed by atoms with Crippen LogP contribution in [0.2, 0.25) is 0 Å². The minimum atomic E-state index is -0.652. The number of aliphatic hydroxyl groups is 1. The molecule has 2 bridgehead atoms. The van der Waals surface area contributed by atoms with Gasteiger partial charge >= 0.3 is 5.97 Å². The van der Waals surface area contributed by atoms with Crippen molar-refractivity contribution in [2.45, 2.75) is 55.1 Å². The second-order valence-electron chi connectivity index (χ2n) is 8.84. The number of fused-ring (bicyclic) bond motifs is 1. The molecule has 3 heterocycles. The average molecular weight is 477 g/mol. The van der Waals surface area contributed by atoms with E-state index in [9.17, 15) is 14.4 Å². The molecule has 1 aromatic carbocycles. The van der Waals surface area contributed by atoms with Crippen LogP contribution < -0.4 is 10.1 Å². The zero-order valence-electron chi connectivity index (χ0n) is 19.1. The highest BCUT2D eigenvalue weighted by Gasteiger charge is 2.73. The Morgan fingerprint density at radius 1 is 1.24 bits per heavy atom. The van der Waals surface area contributed by atoms with Crippen LogP contribution in [0.5, 0.6) is 5.75 Å². The van der Waals surface area contributed by atoms with Gasteiger partial charge in [0.25, 0.3) is 0 Å². The van der Waals surface area contributed by atoms with E-state index in [1.54, 1.807) is 55.0 Å². The maximum atomic E-state index is 13.7. The summed E-state index contributed by atoms with van der Waals surface area (Å²) in [6.07, 6.45) is 3.63. The van der Waals surface area contributed by atoms with Gasteiger partial charge in [0.15, 0.2) is 0 Å². The Morgan fingerprint density at radius 3 is 2.67 bits per heavy atom. The first-order valence-electron chi connectivity index (χ1n) is 11.7. The molecule has 3 saturated heterocycles. The fourth-order valence-corrected chi connectivity index (χ4v) is 7.86. The molecule has 2 amide bonds. The van der Waals surface area contributed by atoms with Crippen molar-refractivity contribution < 1.29 is 29.0 Å². The molecule has 3 fully saturated rings. The predicted octanol–water partition coefficient (Wildman–Crippen LogP) is 2.45. The number of esters is 1. The molecule has 1 spiro atoms. The molecule has 0 saturated carbocycles. The second kappa shape index (κ2) is 9.93. The lowest BCUT2D eigenvalue weighted by atomic mass is 9.71. The van der Waals surface area contributed by atoms with Crippen LogP contribution >= 0.6 is 11.8 Å². The van der Waals surface area contributed by atoms with Crippen molar-refractivity contribution in [3.63, 3.8) is 0 Å². The number of rotatable bonds is 10. The summed E-state index contributed by atoms with van der Waals surface area (Å²) in [7, 11) is 1.58. The van der Waals surface area contributed by atoms with E-state index in [4.69, 9.17) is 14.6 Å². The maximum Gasteiger partial charge on any atom is 0.310 e. The van der Waals surface area contributed by atoms with Gasteiger partial charge in [0.05, 0.1) is 30.3 Å². The molecule has 0 radical (unpaired) electrons. The Labute approximate surface area is 198 Å². The quantitative estimate of drug-likeness (QED) is 0.395. The van der Waals surface area contributed by atoms with Crippen molar-refractivity contribution in [3.05, 3.63) is 24.3 Å². The summed E-state index contributed by atoms with van der Waals surface area (Å²) >= 11 is 1.63. The zero-order chi connectivity index (χ0) is 23.6. The van der Waals surface area contributed by atoms with E-state index in [1.165, 1.54) is 0 Å². The van der Waals surface area contributed by atoms with Gasteiger partial charge in [-0.2, -0.15) is 0 Å². The highest BCUT2D eigenvalue weighted by atomic mass is 32.2. The first-order valence-corrected chi connectivity index (χ1v) is 12.6. The molecule has 8 nitrogen and oxygen atoms in total. The van der Waals surface area contributed by atoms with Crippen LogP contribution in [0.15, 0.2) is 24.3 Å². The smallest absolute Gasteiger partial charge is 0.310 e. The number of anilines is 1. The third-order valence-electron chi connectivity index (χ3n) is 7.02. The van der Waals surface area contributed by atoms with Gasteiger partial charge in [-0.15, -0.1) is 11.8 Å². The van der Waals surface area contributed by atoms with Crippen molar-refractivity contribution in [1.29, 1.82) is 0 Å². The molecule has 2 unspecified atom stereocenters. The monoisotopic (exact) mass is 476 g/mol. The second-order valence-corrected chi connectivity index (χ2v) is 10.4. The number of hydrogen-bond donors (Lipinski definition) is 2. The molecule has 2 N–H and O–H groups in total. The summed E-state index contributed by atoms with van der Waals surface area (Å²) in [6.45, 7) is 2.57. The van der Waals surface area contributed by atoms with Crippen LogP contribution in [-0.2, 0) is 19.1 Å². The Hall–Kier alpha value is -2.26. The molecule has 1 aromatic rings. The largest absolute Gasteiger partial charge is 0.497 e. The molecule has 3 aliphatic rings. The lowest BCUT2D eigenvalue weighted by Crippen LogP contribution is -2.51. The van der Waals surface area contributed by atoms with Gasteiger partial charge in [0.2, 0.25) is 11.8 Å². The summed E-state index contributed by atoms with van der Waals surface area (Å²) in [5.74, 6) is -1.03. The van der Waals surface area contributed by atoms with Crippen LogP contribution in [0.25, 0.3) is 0 Å². The number of carbonyl (C=O) groups is 3. The molecule has 9 heteroatoms. The van der Waals surface area contributed by atoms with Gasteiger partial charge in [-0.25, -0.2) is 0 Å². The number of thioether (sulfide) groups is 1. The van der Waals surface area contributed by atoms with Crippen LogP contribution in [0, 0.1) is 11.8 Å². The standard InChI is InChI=1S/C24H32N2O6S/c1-3-32-23(30)18-17-11-12-24(33-17)19(18)22(29)26(13-5-4-6-14-27)20(24)21(28)25-15-7-9-16(31-2)10-8-15/h7-10,17-20,27H,3-6,11-14H2,1-2H3,(H,25,28)/t17-,18+,19-,20?,24?/m0/s1. The Morgan fingerprint density at radius 2 is 2.00 bits per heavy atom. The van der Waals surface area contributed by atoms with Gasteiger partial charge in [0.1, 0.15) is 11.8 Å². The fourth-order valence-electron chi connectivity index (χ4n) is 5.66. The molecule has 5 atom stereocenters. The molecule has 180 valence electrons. The summed E-state index contributed by atoms with van der Waals surface area (Å²) < 4.78 is 9.90. The van der Waals surface area contributed by atoms with Crippen LogP contribution in [0.4, 0.5) is 5.69 Å². The van der Waals surface area contributed by atoms with Gasteiger partial charge in [0, 0.05) is 24.1 Å². The van der Waals surface area contributed by atoms with E-state index in [0.717, 1.165) is 19.3 Å². The number of aliphatic hydroxyl groups excluding tert-OH is 1. The third kappa shape index (κ3) is 4.21. The van der Waals surface area contributed by atoms with Gasteiger partial charge in [-0.3, -0.25) is 14.4 Å². The minimum absolute atomic E-state index is 0.00539. The zero-order valence-corrected chi connectivity index (χ0v) is 19.9. The first kappa shape index (κ1) is 23.9. The predicted molar refractivity (Wildman–Crippen MR) is 125 cm³/mol. The Kier molecular flexibility index (Phi) is 7.19. The molecule has 33 heavy (non-hydrogen) atoms. The SMILES string of the molecule is CCOC(=O)[C@@H]1[C@@H]2CCC3(S2)C(C(=O)Nc2ccc(OC)cc2)N(CCCCCO)C(=O)[C@H]13. The van der Waals surface area contributed by atoms with Crippen molar-refractivity contribution in [1.82, 2.24) is 4.90 Å². The maximum absolute atomic E-state index is 13.7. The minimum Gasteiger partial charge on any atom is -0.497 e. The van der Waals surface area contributed by atoms with Gasteiger partial charge in [-0.05, 0) is 63.3 Å². The molecular formula is C24H32N2O6S. The summed E-state index contributed by atoms with van der Waals surface area (Å²) in [5, 5.41) is 12.1. The van der Waals surface area contributed by atoms with E-state index in [2.05, 4.69) is 5.32 Å². The Bertz CT molecular complexity index is 893. The number of methoxy groups -OCH3 is 1. The van der Waals surface area contributed by atoms with Crippen LogP contribution in [-0.4, -0.2) is 70.7 Å². The van der Waals surface area contributed by atoms with E-state index >= 15 is 0 Å². The number of nitrogens with one attached hydrogen (secondary N) is 1. The summed E-state index contributed by atoms with van der Waals surface area (Å²) in [4.78, 5) is 41.8. The van der Waals surface area contributed by atoms with Crippen molar-refractivity contribution in [3.8, 4) is 5.75 Å². The summed E-state index contributed by atoms with van der Waals surface area (Å²) in [6, 6.07) is 6.44. The summed E-state index contributed by atoms with van der Waals surface area (Å²) in [5.41, 5.74) is 0.632. The average Bonchev–Trinajstić information content (AvgIpc) is 3.45. The van der Waals surface area contributed by atoms with Crippen molar-refractivity contribution in [2.24, 2.45) is 11.8 Å². The normalized spacial score (nSPS) is 29.8. The lowest BCUT2D eigenvalue weighted by molar-refractivity contribution is -0.153. The molecule has 0 aliphatic carbocycles. The Balaban J connectivity index is 1.62. The number of likely N-dealkylation sites (tertiary alicyclic amines) is 1. The van der Waals surface area contributed by atoms with Gasteiger partial charge < -0.3 is 24.8 Å². The van der Waals surface area contributed by atoms with Crippen LogP contribution in [0.3, 0.4) is 0 Å². The highest BCUT2D eigenvalue weighted by Crippen LogP contribution is 2.66. The number of amides is 2. The molecule has 4 rings (SSSR count). The van der Waals surface area contributed by atoms with E-state index in [1.807, 2.05) is 0 Å². The topological polar surface area (TPSA) is 105 Å².